The molecule has 0 spiro atoms. The van der Waals surface area contributed by atoms with Gasteiger partial charge in [0.1, 0.15) is 18.1 Å². The Morgan fingerprint density at radius 3 is 2.50 bits per heavy atom. The standard InChI is InChI=1S/C24H25FN4O3/c1-15-5-7-18(8-6-15)26-22(30)14-29-23(31)20(27-24(29)32)13-17-12-19(25)21(11-16(17)2)28-9-3-4-10-28/h5-8,11-13H,3-4,9-10,14H2,1-2H3,(H,26,30)(H,27,32). The van der Waals surface area contributed by atoms with E-state index < -0.39 is 24.4 Å². The molecule has 0 bridgehead atoms. The molecule has 7 nitrogen and oxygen atoms in total. The Morgan fingerprint density at radius 1 is 1.12 bits per heavy atom. The number of carbonyl (C=O) groups excluding carboxylic acids is 3. The Bertz CT molecular complexity index is 1100. The predicted molar refractivity (Wildman–Crippen MR) is 121 cm³/mol. The summed E-state index contributed by atoms with van der Waals surface area (Å²) >= 11 is 0. The number of aryl methyl sites for hydroxylation is 2. The van der Waals surface area contributed by atoms with Gasteiger partial charge < -0.3 is 15.5 Å². The normalized spacial score (nSPS) is 17.3. The van der Waals surface area contributed by atoms with Gasteiger partial charge >= 0.3 is 6.03 Å². The third-order valence-corrected chi connectivity index (χ3v) is 5.68. The van der Waals surface area contributed by atoms with Gasteiger partial charge in [0.15, 0.2) is 0 Å². The molecule has 0 aromatic heterocycles. The lowest BCUT2D eigenvalue weighted by Gasteiger charge is -2.19. The third kappa shape index (κ3) is 4.49. The van der Waals surface area contributed by atoms with E-state index >= 15 is 0 Å². The molecule has 0 unspecified atom stereocenters. The first-order valence-corrected chi connectivity index (χ1v) is 10.6. The molecule has 2 fully saturated rings. The monoisotopic (exact) mass is 436 g/mol. The SMILES string of the molecule is Cc1ccc(NC(=O)CN2C(=O)NC(=Cc3cc(F)c(N4CCCC4)cc3C)C2=O)cc1. The summed E-state index contributed by atoms with van der Waals surface area (Å²) in [4.78, 5) is 40.2. The molecule has 0 aliphatic carbocycles. The number of anilines is 2. The van der Waals surface area contributed by atoms with Crippen LogP contribution in [0.25, 0.3) is 6.08 Å². The van der Waals surface area contributed by atoms with Crippen molar-refractivity contribution in [3.63, 3.8) is 0 Å². The third-order valence-electron chi connectivity index (χ3n) is 5.68. The molecule has 2 N–H and O–H groups in total. The van der Waals surface area contributed by atoms with Gasteiger partial charge in [-0.2, -0.15) is 0 Å². The number of hydrogen-bond acceptors (Lipinski definition) is 4. The highest BCUT2D eigenvalue weighted by atomic mass is 19.1. The van der Waals surface area contributed by atoms with Crippen molar-refractivity contribution in [1.82, 2.24) is 10.2 Å². The van der Waals surface area contributed by atoms with Crippen LogP contribution in [0, 0.1) is 19.7 Å². The van der Waals surface area contributed by atoms with Crippen LogP contribution in [0.3, 0.4) is 0 Å². The van der Waals surface area contributed by atoms with E-state index in [2.05, 4.69) is 10.6 Å². The van der Waals surface area contributed by atoms with Gasteiger partial charge in [-0.15, -0.1) is 0 Å². The number of benzene rings is 2. The lowest BCUT2D eigenvalue weighted by atomic mass is 10.1. The minimum Gasteiger partial charge on any atom is -0.369 e. The van der Waals surface area contributed by atoms with Crippen LogP contribution in [0.15, 0.2) is 42.1 Å². The Hall–Kier alpha value is -3.68. The zero-order chi connectivity index (χ0) is 22.8. The van der Waals surface area contributed by atoms with E-state index in [0.717, 1.165) is 42.0 Å². The molecule has 32 heavy (non-hydrogen) atoms. The summed E-state index contributed by atoms with van der Waals surface area (Å²) in [5.41, 5.74) is 3.48. The summed E-state index contributed by atoms with van der Waals surface area (Å²) in [5, 5.41) is 5.15. The summed E-state index contributed by atoms with van der Waals surface area (Å²) < 4.78 is 14.7. The number of hydrogen-bond donors (Lipinski definition) is 2. The molecule has 4 rings (SSSR count). The quantitative estimate of drug-likeness (QED) is 0.555. The number of nitrogens with one attached hydrogen (secondary N) is 2. The average Bonchev–Trinajstić information content (AvgIpc) is 3.37. The van der Waals surface area contributed by atoms with E-state index in [1.165, 1.54) is 12.1 Å². The minimum absolute atomic E-state index is 0.00885. The largest absolute Gasteiger partial charge is 0.369 e. The van der Waals surface area contributed by atoms with Gasteiger partial charge in [-0.05, 0) is 68.2 Å². The van der Waals surface area contributed by atoms with Crippen molar-refractivity contribution in [2.75, 3.05) is 29.9 Å². The van der Waals surface area contributed by atoms with E-state index in [-0.39, 0.29) is 11.5 Å². The molecule has 2 aromatic rings. The molecule has 4 amide bonds. The first-order valence-electron chi connectivity index (χ1n) is 10.6. The van der Waals surface area contributed by atoms with Gasteiger partial charge in [0, 0.05) is 18.8 Å². The van der Waals surface area contributed by atoms with Crippen LogP contribution in [0.2, 0.25) is 0 Å². The molecule has 0 saturated carbocycles. The summed E-state index contributed by atoms with van der Waals surface area (Å²) in [7, 11) is 0. The molecule has 2 heterocycles. The van der Waals surface area contributed by atoms with Crippen molar-refractivity contribution < 1.29 is 18.8 Å². The molecule has 8 heteroatoms. The zero-order valence-electron chi connectivity index (χ0n) is 18.1. The summed E-state index contributed by atoms with van der Waals surface area (Å²) in [6.45, 7) is 4.99. The molecule has 2 aliphatic rings. The van der Waals surface area contributed by atoms with E-state index in [4.69, 9.17) is 0 Å². The van der Waals surface area contributed by atoms with E-state index in [1.807, 2.05) is 30.9 Å². The maximum Gasteiger partial charge on any atom is 0.329 e. The van der Waals surface area contributed by atoms with Gasteiger partial charge in [-0.3, -0.25) is 9.59 Å². The van der Waals surface area contributed by atoms with Crippen molar-refractivity contribution in [3.8, 4) is 0 Å². The molecule has 2 aliphatic heterocycles. The minimum atomic E-state index is -0.688. The lowest BCUT2D eigenvalue weighted by molar-refractivity contribution is -0.127. The first kappa shape index (κ1) is 21.5. The number of carbonyl (C=O) groups is 3. The summed E-state index contributed by atoms with van der Waals surface area (Å²) in [6.07, 6.45) is 3.53. The van der Waals surface area contributed by atoms with E-state index in [9.17, 15) is 18.8 Å². The number of rotatable bonds is 5. The van der Waals surface area contributed by atoms with Crippen LogP contribution in [0.1, 0.15) is 29.5 Å². The van der Waals surface area contributed by atoms with Crippen LogP contribution in [-0.2, 0) is 9.59 Å². The fourth-order valence-electron chi connectivity index (χ4n) is 3.89. The topological polar surface area (TPSA) is 81.8 Å². The highest BCUT2D eigenvalue weighted by Crippen LogP contribution is 2.28. The summed E-state index contributed by atoms with van der Waals surface area (Å²) in [5.74, 6) is -1.48. The molecule has 2 saturated heterocycles. The fourth-order valence-corrected chi connectivity index (χ4v) is 3.89. The summed E-state index contributed by atoms with van der Waals surface area (Å²) in [6, 6.07) is 9.64. The number of nitrogens with zero attached hydrogens (tertiary/aromatic N) is 2. The number of amides is 4. The Morgan fingerprint density at radius 2 is 1.81 bits per heavy atom. The molecule has 0 radical (unpaired) electrons. The maximum atomic E-state index is 14.7. The van der Waals surface area contributed by atoms with Crippen LogP contribution in [0.4, 0.5) is 20.6 Å². The molecule has 0 atom stereocenters. The van der Waals surface area contributed by atoms with E-state index in [0.29, 0.717) is 16.9 Å². The highest BCUT2D eigenvalue weighted by Gasteiger charge is 2.35. The van der Waals surface area contributed by atoms with Gasteiger partial charge in [0.05, 0.1) is 5.69 Å². The number of urea groups is 1. The Labute approximate surface area is 185 Å². The van der Waals surface area contributed by atoms with Crippen molar-refractivity contribution in [2.24, 2.45) is 0 Å². The molecule has 2 aromatic carbocycles. The molecular formula is C24H25FN4O3. The second-order valence-corrected chi connectivity index (χ2v) is 8.15. The van der Waals surface area contributed by atoms with Crippen molar-refractivity contribution in [1.29, 1.82) is 0 Å². The first-order chi connectivity index (χ1) is 15.3. The van der Waals surface area contributed by atoms with Crippen molar-refractivity contribution in [2.45, 2.75) is 26.7 Å². The van der Waals surface area contributed by atoms with Crippen molar-refractivity contribution >= 4 is 35.3 Å². The van der Waals surface area contributed by atoms with Gasteiger partial charge in [0.2, 0.25) is 5.91 Å². The zero-order valence-corrected chi connectivity index (χ0v) is 18.1. The van der Waals surface area contributed by atoms with Crippen LogP contribution in [0.5, 0.6) is 0 Å². The van der Waals surface area contributed by atoms with Crippen molar-refractivity contribution in [3.05, 3.63) is 64.6 Å². The van der Waals surface area contributed by atoms with Crippen LogP contribution in [-0.4, -0.2) is 42.4 Å². The highest BCUT2D eigenvalue weighted by molar-refractivity contribution is 6.16. The van der Waals surface area contributed by atoms with Gasteiger partial charge in [-0.1, -0.05) is 17.7 Å². The maximum absolute atomic E-state index is 14.7. The van der Waals surface area contributed by atoms with Crippen LogP contribution < -0.4 is 15.5 Å². The molecule has 166 valence electrons. The second kappa shape index (κ2) is 8.82. The van der Waals surface area contributed by atoms with E-state index in [1.54, 1.807) is 18.2 Å². The number of imide groups is 1. The molecular weight excluding hydrogens is 411 g/mol. The lowest BCUT2D eigenvalue weighted by Crippen LogP contribution is -2.38. The smallest absolute Gasteiger partial charge is 0.329 e. The Balaban J connectivity index is 1.47. The number of halogens is 1. The van der Waals surface area contributed by atoms with Gasteiger partial charge in [-0.25, -0.2) is 14.1 Å². The van der Waals surface area contributed by atoms with Crippen LogP contribution >= 0.6 is 0 Å². The second-order valence-electron chi connectivity index (χ2n) is 8.15. The average molecular weight is 436 g/mol. The predicted octanol–water partition coefficient (Wildman–Crippen LogP) is 3.57. The Kier molecular flexibility index (Phi) is 5.94. The van der Waals surface area contributed by atoms with Gasteiger partial charge in [0.25, 0.3) is 5.91 Å². The fraction of sp³-hybridized carbons (Fsp3) is 0.292.